The van der Waals surface area contributed by atoms with Crippen LogP contribution in [0.4, 0.5) is 5.82 Å². The van der Waals surface area contributed by atoms with Crippen LogP contribution in [0.5, 0.6) is 0 Å². The molecule has 23 heavy (non-hydrogen) atoms. The molecule has 6 nitrogen and oxygen atoms in total. The highest BCUT2D eigenvalue weighted by Gasteiger charge is 2.24. The van der Waals surface area contributed by atoms with E-state index < -0.39 is 0 Å². The van der Waals surface area contributed by atoms with E-state index in [0.717, 1.165) is 47.8 Å². The molecule has 0 saturated carbocycles. The summed E-state index contributed by atoms with van der Waals surface area (Å²) < 4.78 is 5.33. The van der Waals surface area contributed by atoms with Crippen molar-refractivity contribution in [1.29, 1.82) is 0 Å². The van der Waals surface area contributed by atoms with Gasteiger partial charge in [0.1, 0.15) is 15.5 Å². The van der Waals surface area contributed by atoms with Crippen LogP contribution in [0.2, 0.25) is 5.28 Å². The molecule has 0 spiro atoms. The lowest BCUT2D eigenvalue weighted by Crippen LogP contribution is -2.44. The number of halogens is 1. The Labute approximate surface area is 143 Å². The third-order valence-corrected chi connectivity index (χ3v) is 5.02. The van der Waals surface area contributed by atoms with Crippen LogP contribution in [0.25, 0.3) is 10.2 Å². The van der Waals surface area contributed by atoms with Gasteiger partial charge in [-0.1, -0.05) is 0 Å². The zero-order valence-corrected chi connectivity index (χ0v) is 14.9. The highest BCUT2D eigenvalue weighted by atomic mass is 35.5. The number of fused-ring (bicyclic) bond motifs is 1. The van der Waals surface area contributed by atoms with Gasteiger partial charge in [0.05, 0.1) is 11.5 Å². The number of hydrogen-bond donors (Lipinski definition) is 1. The van der Waals surface area contributed by atoms with Crippen LogP contribution in [-0.2, 0) is 4.74 Å². The molecule has 0 bridgehead atoms. The molecule has 0 aromatic carbocycles. The highest BCUT2D eigenvalue weighted by molar-refractivity contribution is 7.20. The average molecular weight is 355 g/mol. The van der Waals surface area contributed by atoms with Crippen molar-refractivity contribution < 1.29 is 9.53 Å². The molecule has 0 aliphatic carbocycles. The van der Waals surface area contributed by atoms with Crippen molar-refractivity contribution in [1.82, 2.24) is 15.3 Å². The fraction of sp³-hybridized carbons (Fsp3) is 0.533. The minimum absolute atomic E-state index is 0.158. The van der Waals surface area contributed by atoms with E-state index in [9.17, 15) is 4.79 Å². The first-order valence-corrected chi connectivity index (χ1v) is 8.80. The Bertz CT molecular complexity index is 741. The summed E-state index contributed by atoms with van der Waals surface area (Å²) in [7, 11) is 0. The van der Waals surface area contributed by atoms with Crippen LogP contribution in [0.3, 0.4) is 0 Å². The lowest BCUT2D eigenvalue weighted by molar-refractivity contribution is 0.0383. The van der Waals surface area contributed by atoms with Gasteiger partial charge in [-0.05, 0) is 37.9 Å². The number of carbonyl (C=O) groups excluding carboxylic acids is 1. The molecular formula is C15H19ClN4O2S. The van der Waals surface area contributed by atoms with E-state index in [-0.39, 0.29) is 17.4 Å². The molecule has 2 aromatic heterocycles. The average Bonchev–Trinajstić information content (AvgIpc) is 2.83. The maximum atomic E-state index is 12.3. The number of aromatic nitrogens is 2. The molecule has 124 valence electrons. The van der Waals surface area contributed by atoms with Crippen LogP contribution in [0, 0.1) is 6.92 Å². The Morgan fingerprint density at radius 1 is 1.35 bits per heavy atom. The molecule has 1 aliphatic heterocycles. The number of hydrogen-bond acceptors (Lipinski definition) is 7. The van der Waals surface area contributed by atoms with Crippen LogP contribution in [-0.4, -0.2) is 48.2 Å². The first-order chi connectivity index (χ1) is 11.0. The van der Waals surface area contributed by atoms with Crippen molar-refractivity contribution in [3.63, 3.8) is 0 Å². The minimum Gasteiger partial charge on any atom is -0.459 e. The zero-order valence-electron chi connectivity index (χ0n) is 13.4. The lowest BCUT2D eigenvalue weighted by atomic mass is 10.2. The van der Waals surface area contributed by atoms with Gasteiger partial charge in [-0.25, -0.2) is 9.78 Å². The van der Waals surface area contributed by atoms with Gasteiger partial charge >= 0.3 is 5.97 Å². The molecule has 1 saturated heterocycles. The number of thiophene rings is 1. The Hall–Kier alpha value is -1.44. The van der Waals surface area contributed by atoms with Crippen molar-refractivity contribution in [2.75, 3.05) is 31.1 Å². The highest BCUT2D eigenvalue weighted by Crippen LogP contribution is 2.36. The summed E-state index contributed by atoms with van der Waals surface area (Å²) in [5.74, 6) is 0.488. The van der Waals surface area contributed by atoms with Gasteiger partial charge in [-0.2, -0.15) is 4.98 Å². The van der Waals surface area contributed by atoms with Crippen molar-refractivity contribution in [3.8, 4) is 0 Å². The number of piperazine rings is 1. The quantitative estimate of drug-likeness (QED) is 0.675. The number of ether oxygens (including phenoxy) is 1. The molecule has 2 aromatic rings. The first-order valence-electron chi connectivity index (χ1n) is 7.60. The maximum absolute atomic E-state index is 12.3. The second kappa shape index (κ2) is 6.59. The topological polar surface area (TPSA) is 67.3 Å². The Morgan fingerprint density at radius 3 is 2.70 bits per heavy atom. The van der Waals surface area contributed by atoms with Gasteiger partial charge in [-0.15, -0.1) is 11.3 Å². The molecule has 0 atom stereocenters. The molecule has 3 rings (SSSR count). The van der Waals surface area contributed by atoms with Crippen molar-refractivity contribution in [2.45, 2.75) is 26.9 Å². The molecule has 1 fully saturated rings. The van der Waals surface area contributed by atoms with E-state index in [1.54, 1.807) is 0 Å². The van der Waals surface area contributed by atoms with Gasteiger partial charge < -0.3 is 15.0 Å². The Balaban J connectivity index is 2.10. The van der Waals surface area contributed by atoms with Gasteiger partial charge in [0.15, 0.2) is 0 Å². The summed E-state index contributed by atoms with van der Waals surface area (Å²) in [6.45, 7) is 9.08. The predicted octanol–water partition coefficient (Wildman–Crippen LogP) is 2.63. The first kappa shape index (κ1) is 16.4. The second-order valence-electron chi connectivity index (χ2n) is 5.74. The summed E-state index contributed by atoms with van der Waals surface area (Å²) in [6, 6.07) is 0. The van der Waals surface area contributed by atoms with E-state index in [4.69, 9.17) is 16.3 Å². The number of aryl methyl sites for hydroxylation is 1. The van der Waals surface area contributed by atoms with Crippen molar-refractivity contribution >= 4 is 44.9 Å². The van der Waals surface area contributed by atoms with Gasteiger partial charge in [0.25, 0.3) is 0 Å². The molecule has 0 radical (unpaired) electrons. The second-order valence-corrected chi connectivity index (χ2v) is 7.08. The van der Waals surface area contributed by atoms with Gasteiger partial charge in [-0.3, -0.25) is 0 Å². The summed E-state index contributed by atoms with van der Waals surface area (Å²) in [4.78, 5) is 24.5. The van der Waals surface area contributed by atoms with Crippen molar-refractivity contribution in [2.24, 2.45) is 0 Å². The maximum Gasteiger partial charge on any atom is 0.348 e. The monoisotopic (exact) mass is 354 g/mol. The van der Waals surface area contributed by atoms with E-state index in [1.807, 2.05) is 20.8 Å². The fourth-order valence-corrected chi connectivity index (χ4v) is 3.93. The van der Waals surface area contributed by atoms with Gasteiger partial charge in [0.2, 0.25) is 5.28 Å². The van der Waals surface area contributed by atoms with E-state index in [0.29, 0.717) is 4.88 Å². The predicted molar refractivity (Wildman–Crippen MR) is 92.8 cm³/mol. The third-order valence-electron chi connectivity index (χ3n) is 3.69. The van der Waals surface area contributed by atoms with Crippen LogP contribution in [0.15, 0.2) is 0 Å². The molecule has 8 heteroatoms. The van der Waals surface area contributed by atoms with Crippen molar-refractivity contribution in [3.05, 3.63) is 15.7 Å². The number of nitrogens with zero attached hydrogens (tertiary/aromatic N) is 3. The SMILES string of the molecule is Cc1c(C(=O)OC(C)C)sc2nc(Cl)nc(N3CCNCC3)c12. The fourth-order valence-electron chi connectivity index (χ4n) is 2.66. The molecule has 1 aliphatic rings. The number of rotatable bonds is 3. The number of esters is 1. The van der Waals surface area contributed by atoms with Crippen LogP contribution >= 0.6 is 22.9 Å². The number of anilines is 1. The molecule has 0 amide bonds. The smallest absolute Gasteiger partial charge is 0.348 e. The third kappa shape index (κ3) is 3.27. The van der Waals surface area contributed by atoms with Crippen LogP contribution < -0.4 is 10.2 Å². The molecule has 3 heterocycles. The Morgan fingerprint density at radius 2 is 2.04 bits per heavy atom. The lowest BCUT2D eigenvalue weighted by Gasteiger charge is -2.29. The Kier molecular flexibility index (Phi) is 4.70. The molecular weight excluding hydrogens is 336 g/mol. The normalized spacial score (nSPS) is 15.4. The van der Waals surface area contributed by atoms with E-state index in [1.165, 1.54) is 11.3 Å². The van der Waals surface area contributed by atoms with Gasteiger partial charge in [0, 0.05) is 26.2 Å². The summed E-state index contributed by atoms with van der Waals surface area (Å²) in [5, 5.41) is 4.42. The zero-order chi connectivity index (χ0) is 16.6. The number of carbonyl (C=O) groups is 1. The largest absolute Gasteiger partial charge is 0.459 e. The standard InChI is InChI=1S/C15H19ClN4O2S/c1-8(2)22-14(21)11-9(3)10-12(20-6-4-17-5-7-20)18-15(16)19-13(10)23-11/h8,17H,4-7H2,1-3H3. The molecule has 0 unspecified atom stereocenters. The summed E-state index contributed by atoms with van der Waals surface area (Å²) in [5.41, 5.74) is 0.862. The minimum atomic E-state index is -0.317. The number of nitrogens with one attached hydrogen (secondary N) is 1. The summed E-state index contributed by atoms with van der Waals surface area (Å²) >= 11 is 7.41. The molecule has 1 N–H and O–H groups in total. The van der Waals surface area contributed by atoms with Crippen LogP contribution in [0.1, 0.15) is 29.1 Å². The summed E-state index contributed by atoms with van der Waals surface area (Å²) in [6.07, 6.45) is -0.158. The van der Waals surface area contributed by atoms with E-state index in [2.05, 4.69) is 20.2 Å². The van der Waals surface area contributed by atoms with E-state index >= 15 is 0 Å².